The molecule has 0 aliphatic heterocycles. The van der Waals surface area contributed by atoms with Crippen molar-refractivity contribution in [2.24, 2.45) is 0 Å². The van der Waals surface area contributed by atoms with E-state index >= 15 is 0 Å². The van der Waals surface area contributed by atoms with Crippen LogP contribution in [0.15, 0.2) is 48.5 Å². The van der Waals surface area contributed by atoms with Crippen molar-refractivity contribution in [1.82, 2.24) is 4.98 Å². The molecule has 0 fully saturated rings. The van der Waals surface area contributed by atoms with E-state index in [1.165, 1.54) is 11.3 Å². The SMILES string of the molecule is COc1ccc(-c2nc(C)c(C(=O)OCC(=O)Nc3ccccc3C)s2)cc1. The summed E-state index contributed by atoms with van der Waals surface area (Å²) in [6, 6.07) is 14.8. The number of para-hydroxylation sites is 1. The lowest BCUT2D eigenvalue weighted by molar-refractivity contribution is -0.119. The van der Waals surface area contributed by atoms with Crippen LogP contribution >= 0.6 is 11.3 Å². The average molecular weight is 396 g/mol. The van der Waals surface area contributed by atoms with Crippen molar-refractivity contribution in [1.29, 1.82) is 0 Å². The van der Waals surface area contributed by atoms with E-state index in [9.17, 15) is 9.59 Å². The number of carbonyl (C=O) groups excluding carboxylic acids is 2. The van der Waals surface area contributed by atoms with Gasteiger partial charge in [0.1, 0.15) is 15.6 Å². The third kappa shape index (κ3) is 4.55. The normalized spacial score (nSPS) is 10.4. The number of benzene rings is 2. The molecule has 7 heteroatoms. The van der Waals surface area contributed by atoms with Gasteiger partial charge in [-0.15, -0.1) is 11.3 Å². The van der Waals surface area contributed by atoms with E-state index in [0.29, 0.717) is 21.3 Å². The highest BCUT2D eigenvalue weighted by Crippen LogP contribution is 2.29. The van der Waals surface area contributed by atoms with Crippen LogP contribution in [0.5, 0.6) is 5.75 Å². The van der Waals surface area contributed by atoms with Crippen molar-refractivity contribution in [3.8, 4) is 16.3 Å². The van der Waals surface area contributed by atoms with Crippen molar-refractivity contribution >= 4 is 28.9 Å². The fourth-order valence-corrected chi connectivity index (χ4v) is 3.50. The van der Waals surface area contributed by atoms with Gasteiger partial charge in [0.15, 0.2) is 6.61 Å². The minimum atomic E-state index is -0.560. The number of nitrogens with zero attached hydrogens (tertiary/aromatic N) is 1. The largest absolute Gasteiger partial charge is 0.497 e. The van der Waals surface area contributed by atoms with E-state index < -0.39 is 5.97 Å². The Balaban J connectivity index is 1.63. The number of amides is 1. The van der Waals surface area contributed by atoms with Crippen LogP contribution in [-0.4, -0.2) is 30.6 Å². The summed E-state index contributed by atoms with van der Waals surface area (Å²) < 4.78 is 10.3. The zero-order valence-corrected chi connectivity index (χ0v) is 16.6. The maximum Gasteiger partial charge on any atom is 0.350 e. The number of esters is 1. The van der Waals surface area contributed by atoms with Gasteiger partial charge >= 0.3 is 5.97 Å². The third-order valence-corrected chi connectivity index (χ3v) is 5.26. The van der Waals surface area contributed by atoms with E-state index in [2.05, 4.69) is 10.3 Å². The second kappa shape index (κ2) is 8.67. The number of anilines is 1. The van der Waals surface area contributed by atoms with Crippen LogP contribution in [0.4, 0.5) is 5.69 Å². The molecule has 0 aliphatic rings. The lowest BCUT2D eigenvalue weighted by Gasteiger charge is -2.08. The summed E-state index contributed by atoms with van der Waals surface area (Å²) >= 11 is 1.23. The molecule has 6 nitrogen and oxygen atoms in total. The lowest BCUT2D eigenvalue weighted by Crippen LogP contribution is -2.21. The fraction of sp³-hybridized carbons (Fsp3) is 0.190. The molecule has 1 aromatic heterocycles. The van der Waals surface area contributed by atoms with Gasteiger partial charge in [-0.3, -0.25) is 4.79 Å². The molecule has 0 unspecified atom stereocenters. The number of aryl methyl sites for hydroxylation is 2. The molecular weight excluding hydrogens is 376 g/mol. The number of nitrogens with one attached hydrogen (secondary N) is 1. The van der Waals surface area contributed by atoms with Crippen LogP contribution in [0, 0.1) is 13.8 Å². The van der Waals surface area contributed by atoms with E-state index in [1.54, 1.807) is 20.1 Å². The van der Waals surface area contributed by atoms with Gasteiger partial charge in [0.05, 0.1) is 12.8 Å². The van der Waals surface area contributed by atoms with Crippen LogP contribution in [0.3, 0.4) is 0 Å². The summed E-state index contributed by atoms with van der Waals surface area (Å²) in [6.45, 7) is 3.28. The van der Waals surface area contributed by atoms with Crippen LogP contribution in [0.1, 0.15) is 20.9 Å². The summed E-state index contributed by atoms with van der Waals surface area (Å²) in [4.78, 5) is 29.3. The maximum atomic E-state index is 12.4. The number of rotatable bonds is 6. The minimum absolute atomic E-state index is 0.359. The van der Waals surface area contributed by atoms with Crippen molar-refractivity contribution < 1.29 is 19.1 Å². The Morgan fingerprint density at radius 2 is 1.79 bits per heavy atom. The maximum absolute atomic E-state index is 12.4. The van der Waals surface area contributed by atoms with Crippen LogP contribution in [0.2, 0.25) is 0 Å². The van der Waals surface area contributed by atoms with E-state index in [1.807, 2.05) is 49.4 Å². The van der Waals surface area contributed by atoms with Gasteiger partial charge in [0.2, 0.25) is 0 Å². The van der Waals surface area contributed by atoms with E-state index in [4.69, 9.17) is 9.47 Å². The Morgan fingerprint density at radius 1 is 1.07 bits per heavy atom. The second-order valence-corrected chi connectivity index (χ2v) is 7.10. The molecule has 0 bridgehead atoms. The number of carbonyl (C=O) groups is 2. The molecule has 28 heavy (non-hydrogen) atoms. The predicted octanol–water partition coefficient (Wildman–Crippen LogP) is 4.23. The number of thiazole rings is 1. The Morgan fingerprint density at radius 3 is 2.46 bits per heavy atom. The Labute approximate surface area is 167 Å². The van der Waals surface area contributed by atoms with Crippen LogP contribution in [-0.2, 0) is 9.53 Å². The molecule has 3 rings (SSSR count). The minimum Gasteiger partial charge on any atom is -0.497 e. The number of hydrogen-bond donors (Lipinski definition) is 1. The van der Waals surface area contributed by atoms with Crippen molar-refractivity contribution in [2.45, 2.75) is 13.8 Å². The third-order valence-electron chi connectivity index (χ3n) is 4.07. The first-order valence-corrected chi connectivity index (χ1v) is 9.44. The number of methoxy groups -OCH3 is 1. The zero-order chi connectivity index (χ0) is 20.1. The monoisotopic (exact) mass is 396 g/mol. The molecule has 0 atom stereocenters. The Hall–Kier alpha value is -3.19. The highest BCUT2D eigenvalue weighted by molar-refractivity contribution is 7.17. The molecule has 144 valence electrons. The highest BCUT2D eigenvalue weighted by Gasteiger charge is 2.19. The molecule has 1 amide bonds. The van der Waals surface area contributed by atoms with Crippen molar-refractivity contribution in [3.05, 3.63) is 64.7 Å². The van der Waals surface area contributed by atoms with Gasteiger partial charge in [-0.25, -0.2) is 9.78 Å². The molecule has 1 heterocycles. The summed E-state index contributed by atoms with van der Waals surface area (Å²) in [6.07, 6.45) is 0. The van der Waals surface area contributed by atoms with Crippen molar-refractivity contribution in [3.63, 3.8) is 0 Å². The molecule has 0 spiro atoms. The van der Waals surface area contributed by atoms with Gasteiger partial charge in [-0.2, -0.15) is 0 Å². The number of ether oxygens (including phenoxy) is 2. The molecule has 0 aliphatic carbocycles. The molecule has 1 N–H and O–H groups in total. The first-order chi connectivity index (χ1) is 13.5. The van der Waals surface area contributed by atoms with E-state index in [-0.39, 0.29) is 12.5 Å². The van der Waals surface area contributed by atoms with E-state index in [0.717, 1.165) is 16.9 Å². The van der Waals surface area contributed by atoms with Gasteiger partial charge in [-0.05, 0) is 49.7 Å². The second-order valence-electron chi connectivity index (χ2n) is 6.10. The quantitative estimate of drug-likeness (QED) is 0.631. The molecule has 2 aromatic carbocycles. The average Bonchev–Trinajstić information content (AvgIpc) is 3.10. The van der Waals surface area contributed by atoms with Gasteiger partial charge in [0, 0.05) is 11.3 Å². The smallest absolute Gasteiger partial charge is 0.350 e. The summed E-state index contributed by atoms with van der Waals surface area (Å²) in [5, 5.41) is 3.44. The highest BCUT2D eigenvalue weighted by atomic mass is 32.1. The first kappa shape index (κ1) is 19.6. The van der Waals surface area contributed by atoms with Gasteiger partial charge in [0.25, 0.3) is 5.91 Å². The fourth-order valence-electron chi connectivity index (χ4n) is 2.54. The molecule has 0 saturated heterocycles. The topological polar surface area (TPSA) is 77.5 Å². The van der Waals surface area contributed by atoms with Crippen molar-refractivity contribution in [2.75, 3.05) is 19.0 Å². The van der Waals surface area contributed by atoms with Crippen LogP contribution in [0.25, 0.3) is 10.6 Å². The standard InChI is InChI=1S/C21H20N2O4S/c1-13-6-4-5-7-17(13)23-18(24)12-27-21(25)19-14(2)22-20(28-19)15-8-10-16(26-3)11-9-15/h4-11H,12H2,1-3H3,(H,23,24). The van der Waals surface area contributed by atoms with Crippen LogP contribution < -0.4 is 10.1 Å². The van der Waals surface area contributed by atoms with Gasteiger partial charge in [-0.1, -0.05) is 18.2 Å². The number of hydrogen-bond acceptors (Lipinski definition) is 6. The Kier molecular flexibility index (Phi) is 6.06. The summed E-state index contributed by atoms with van der Waals surface area (Å²) in [5.41, 5.74) is 3.08. The summed E-state index contributed by atoms with van der Waals surface area (Å²) in [5.74, 6) is -0.203. The molecule has 0 saturated carbocycles. The lowest BCUT2D eigenvalue weighted by atomic mass is 10.2. The predicted molar refractivity (Wildman–Crippen MR) is 109 cm³/mol. The first-order valence-electron chi connectivity index (χ1n) is 8.62. The Bertz CT molecular complexity index is 996. The molecule has 3 aromatic rings. The summed E-state index contributed by atoms with van der Waals surface area (Å²) in [7, 11) is 1.60. The molecule has 0 radical (unpaired) electrons. The molecular formula is C21H20N2O4S. The zero-order valence-electron chi connectivity index (χ0n) is 15.8. The van der Waals surface area contributed by atoms with Gasteiger partial charge < -0.3 is 14.8 Å². The number of aromatic nitrogens is 1.